The first-order chi connectivity index (χ1) is 21.5. The molecule has 2 bridgehead atoms. The minimum atomic E-state index is 0.278. The van der Waals surface area contributed by atoms with Crippen LogP contribution in [0.5, 0.6) is 0 Å². The maximum Gasteiger partial charge on any atom is 0.167 e. The average Bonchev–Trinajstić information content (AvgIpc) is 3.42. The Hall–Kier alpha value is -4.82. The number of aromatic nitrogens is 3. The first kappa shape index (κ1) is 26.8. The third-order valence-electron chi connectivity index (χ3n) is 9.92. The maximum absolute atomic E-state index is 9.47. The number of benzene rings is 4. The zero-order valence-corrected chi connectivity index (χ0v) is 25.1. The molecule has 4 atom stereocenters. The number of hydrogen-bond donors (Lipinski definition) is 0. The van der Waals surface area contributed by atoms with Gasteiger partial charge < -0.3 is 4.42 Å². The van der Waals surface area contributed by atoms with Gasteiger partial charge in [-0.3, -0.25) is 0 Å². The second-order valence-electron chi connectivity index (χ2n) is 13.3. The molecule has 2 aliphatic rings. The van der Waals surface area contributed by atoms with Gasteiger partial charge in [0.2, 0.25) is 0 Å². The summed E-state index contributed by atoms with van der Waals surface area (Å²) in [4.78, 5) is 15.0. The molecule has 8 rings (SSSR count). The Balaban J connectivity index is 1.25. The van der Waals surface area contributed by atoms with E-state index in [0.717, 1.165) is 50.8 Å². The molecule has 1 unspecified atom stereocenters. The predicted molar refractivity (Wildman–Crippen MR) is 175 cm³/mol. The van der Waals surface area contributed by atoms with Gasteiger partial charge >= 0.3 is 0 Å². The fourth-order valence-corrected chi connectivity index (χ4v) is 8.42. The van der Waals surface area contributed by atoms with Crippen LogP contribution in [0.25, 0.3) is 56.1 Å². The normalized spacial score (nSPS) is 23.1. The summed E-state index contributed by atoms with van der Waals surface area (Å²) in [5.41, 5.74) is 6.49. The lowest BCUT2D eigenvalue weighted by Gasteiger charge is -2.50. The van der Waals surface area contributed by atoms with Crippen molar-refractivity contribution in [1.82, 2.24) is 15.0 Å². The van der Waals surface area contributed by atoms with Gasteiger partial charge in [0, 0.05) is 21.9 Å². The van der Waals surface area contributed by atoms with Crippen molar-refractivity contribution in [3.63, 3.8) is 0 Å². The van der Waals surface area contributed by atoms with Gasteiger partial charge in [0.1, 0.15) is 11.2 Å². The van der Waals surface area contributed by atoms with Gasteiger partial charge in [-0.1, -0.05) is 80.6 Å². The molecular weight excluding hydrogens is 540 g/mol. The Kier molecular flexibility index (Phi) is 6.34. The highest BCUT2D eigenvalue weighted by Gasteiger charge is 2.45. The molecule has 2 fully saturated rings. The van der Waals surface area contributed by atoms with Crippen LogP contribution in [0.4, 0.5) is 0 Å². The van der Waals surface area contributed by atoms with Crippen LogP contribution < -0.4 is 0 Å². The summed E-state index contributed by atoms with van der Waals surface area (Å²) in [7, 11) is 0. The van der Waals surface area contributed by atoms with Crippen molar-refractivity contribution in [3.8, 4) is 40.2 Å². The predicted octanol–water partition coefficient (Wildman–Crippen LogP) is 9.75. The van der Waals surface area contributed by atoms with Crippen LogP contribution in [0, 0.1) is 29.1 Å². The van der Waals surface area contributed by atoms with Gasteiger partial charge in [-0.15, -0.1) is 0 Å². The van der Waals surface area contributed by atoms with E-state index in [1.807, 2.05) is 60.7 Å². The first-order valence-corrected chi connectivity index (χ1v) is 15.8. The van der Waals surface area contributed by atoms with Crippen LogP contribution in [0.2, 0.25) is 0 Å². The van der Waals surface area contributed by atoms with Crippen molar-refractivity contribution in [2.75, 3.05) is 0 Å². The van der Waals surface area contributed by atoms with E-state index in [2.05, 4.69) is 44.2 Å². The standard InChI is InChI=1S/C39H34N4O/c1-24-17-27-18-25(2)21-39(20-24,22-27)30-14-12-29(13-15-30)37-41-36(28-7-4-3-5-8-28)42-38(43-37)32-10-6-9-31-33-19-26(23-40)11-16-34(33)44-35(31)32/h3-16,19,24-25,27H,17-18,20-22H2,1-2H3/t24-,25+,27-,39?. The summed E-state index contributed by atoms with van der Waals surface area (Å²) in [6, 6.07) is 32.9. The SMILES string of the molecule is C[C@@H]1C[C@@H]2C[C@H](C)CC(c3ccc(-c4nc(-c5ccccc5)nc(-c5cccc6c5oc5ccc(C#N)cc56)n4)cc3)(C1)C2. The third kappa shape index (κ3) is 4.57. The van der Waals surface area contributed by atoms with Crippen LogP contribution in [0.1, 0.15) is 57.1 Å². The number of fused-ring (bicyclic) bond motifs is 5. The molecule has 6 aromatic rings. The Bertz CT molecular complexity index is 2040. The van der Waals surface area contributed by atoms with Gasteiger partial charge in [-0.25, -0.2) is 15.0 Å². The zero-order valence-electron chi connectivity index (χ0n) is 25.1. The van der Waals surface area contributed by atoms with Gasteiger partial charge in [-0.2, -0.15) is 5.26 Å². The zero-order chi connectivity index (χ0) is 29.8. The summed E-state index contributed by atoms with van der Waals surface area (Å²) in [6.45, 7) is 4.88. The highest BCUT2D eigenvalue weighted by atomic mass is 16.3. The Morgan fingerprint density at radius 1 is 0.705 bits per heavy atom. The molecule has 5 nitrogen and oxygen atoms in total. The summed E-state index contributed by atoms with van der Waals surface area (Å²) >= 11 is 0. The molecule has 0 spiro atoms. The van der Waals surface area contributed by atoms with Gasteiger partial charge in [0.25, 0.3) is 0 Å². The Morgan fingerprint density at radius 2 is 1.39 bits per heavy atom. The molecule has 0 saturated heterocycles. The Labute approximate surface area is 257 Å². The second-order valence-corrected chi connectivity index (χ2v) is 13.3. The average molecular weight is 575 g/mol. The van der Waals surface area contributed by atoms with E-state index in [9.17, 15) is 5.26 Å². The number of hydrogen-bond acceptors (Lipinski definition) is 5. The smallest absolute Gasteiger partial charge is 0.167 e. The molecule has 4 aromatic carbocycles. The van der Waals surface area contributed by atoms with Crippen LogP contribution in [0.15, 0.2) is 95.4 Å². The van der Waals surface area contributed by atoms with E-state index in [4.69, 9.17) is 19.4 Å². The van der Waals surface area contributed by atoms with E-state index in [-0.39, 0.29) is 5.41 Å². The molecule has 0 aliphatic heterocycles. The quantitative estimate of drug-likeness (QED) is 0.209. The van der Waals surface area contributed by atoms with Crippen LogP contribution in [0.3, 0.4) is 0 Å². The number of rotatable bonds is 4. The molecule has 2 aliphatic carbocycles. The lowest BCUT2D eigenvalue weighted by atomic mass is 9.54. The molecule has 0 N–H and O–H groups in total. The highest BCUT2D eigenvalue weighted by Crippen LogP contribution is 2.54. The van der Waals surface area contributed by atoms with Crippen molar-refractivity contribution < 1.29 is 4.42 Å². The fraction of sp³-hybridized carbons (Fsp3) is 0.282. The number of furan rings is 1. The van der Waals surface area contributed by atoms with E-state index in [0.29, 0.717) is 28.6 Å². The van der Waals surface area contributed by atoms with E-state index < -0.39 is 0 Å². The van der Waals surface area contributed by atoms with Crippen LogP contribution >= 0.6 is 0 Å². The summed E-state index contributed by atoms with van der Waals surface area (Å²) in [5.74, 6) is 4.21. The van der Waals surface area contributed by atoms with Crippen molar-refractivity contribution in [3.05, 3.63) is 102 Å². The fourth-order valence-electron chi connectivity index (χ4n) is 8.42. The summed E-state index contributed by atoms with van der Waals surface area (Å²) in [6.07, 6.45) is 6.61. The molecule has 2 aromatic heterocycles. The second kappa shape index (κ2) is 10.4. The molecule has 216 valence electrons. The molecule has 0 radical (unpaired) electrons. The lowest BCUT2D eigenvalue weighted by molar-refractivity contribution is 0.0780. The first-order valence-electron chi connectivity index (χ1n) is 15.8. The molecule has 5 heteroatoms. The van der Waals surface area contributed by atoms with Crippen molar-refractivity contribution >= 4 is 21.9 Å². The highest BCUT2D eigenvalue weighted by molar-refractivity contribution is 6.09. The minimum Gasteiger partial charge on any atom is -0.455 e. The lowest BCUT2D eigenvalue weighted by Crippen LogP contribution is -2.42. The van der Waals surface area contributed by atoms with Gasteiger partial charge in [-0.05, 0) is 85.1 Å². The van der Waals surface area contributed by atoms with Crippen LogP contribution in [-0.4, -0.2) is 15.0 Å². The van der Waals surface area contributed by atoms with E-state index >= 15 is 0 Å². The maximum atomic E-state index is 9.47. The molecule has 2 heterocycles. The van der Waals surface area contributed by atoms with E-state index in [1.54, 1.807) is 6.07 Å². The summed E-state index contributed by atoms with van der Waals surface area (Å²) in [5, 5.41) is 11.3. The largest absolute Gasteiger partial charge is 0.455 e. The van der Waals surface area contributed by atoms with Crippen molar-refractivity contribution in [1.29, 1.82) is 5.26 Å². The molecular formula is C39H34N4O. The number of nitrogens with zero attached hydrogens (tertiary/aromatic N) is 4. The monoisotopic (exact) mass is 574 g/mol. The molecule has 0 amide bonds. The van der Waals surface area contributed by atoms with Crippen molar-refractivity contribution in [2.24, 2.45) is 17.8 Å². The topological polar surface area (TPSA) is 75.6 Å². The number of para-hydroxylation sites is 1. The molecule has 44 heavy (non-hydrogen) atoms. The van der Waals surface area contributed by atoms with Gasteiger partial charge in [0.15, 0.2) is 17.5 Å². The Morgan fingerprint density at radius 3 is 2.09 bits per heavy atom. The van der Waals surface area contributed by atoms with Gasteiger partial charge in [0.05, 0.1) is 17.2 Å². The summed E-state index contributed by atoms with van der Waals surface area (Å²) < 4.78 is 6.36. The van der Waals surface area contributed by atoms with Crippen LogP contribution in [-0.2, 0) is 5.41 Å². The molecule has 2 saturated carbocycles. The van der Waals surface area contributed by atoms with Crippen molar-refractivity contribution in [2.45, 2.75) is 51.4 Å². The minimum absolute atomic E-state index is 0.278. The number of nitriles is 1. The van der Waals surface area contributed by atoms with E-state index in [1.165, 1.54) is 37.7 Å². The third-order valence-corrected chi connectivity index (χ3v) is 9.92.